The van der Waals surface area contributed by atoms with Crippen LogP contribution in [0.1, 0.15) is 22.3 Å². The smallest absolute Gasteiger partial charge is 0.167 e. The lowest BCUT2D eigenvalue weighted by atomic mass is 10.1. The number of halogens is 2. The average Bonchev–Trinajstić information content (AvgIpc) is 2.10. The lowest BCUT2D eigenvalue weighted by molar-refractivity contribution is 0.0985. The van der Waals surface area contributed by atoms with Gasteiger partial charge in [-0.1, -0.05) is 12.1 Å². The van der Waals surface area contributed by atoms with E-state index in [2.05, 4.69) is 0 Å². The van der Waals surface area contributed by atoms with Crippen molar-refractivity contribution in [1.29, 1.82) is 0 Å². The minimum atomic E-state index is -0.433. The Labute approximate surface area is 81.5 Å². The molecule has 0 amide bonds. The van der Waals surface area contributed by atoms with Crippen molar-refractivity contribution in [3.05, 3.63) is 35.1 Å². The van der Waals surface area contributed by atoms with E-state index in [0.29, 0.717) is 5.56 Å². The van der Waals surface area contributed by atoms with Crippen molar-refractivity contribution < 1.29 is 9.18 Å². The third-order valence-corrected chi connectivity index (χ3v) is 2.00. The van der Waals surface area contributed by atoms with Gasteiger partial charge < -0.3 is 0 Å². The van der Waals surface area contributed by atoms with Gasteiger partial charge in [0, 0.05) is 12.3 Å². The Morgan fingerprint density at radius 1 is 1.54 bits per heavy atom. The Balaban J connectivity index is 3.01. The molecule has 0 N–H and O–H groups in total. The number of hydrogen-bond donors (Lipinski definition) is 0. The quantitative estimate of drug-likeness (QED) is 0.542. The summed E-state index contributed by atoms with van der Waals surface area (Å²) in [5.74, 6) is -0.444. The molecular weight excluding hydrogens is 191 g/mol. The summed E-state index contributed by atoms with van der Waals surface area (Å²) in [5.41, 5.74) is 0.626. The van der Waals surface area contributed by atoms with E-state index >= 15 is 0 Å². The molecule has 0 bridgehead atoms. The van der Waals surface area contributed by atoms with E-state index < -0.39 is 5.82 Å². The molecule has 1 aromatic rings. The Morgan fingerprint density at radius 3 is 2.85 bits per heavy atom. The third kappa shape index (κ3) is 2.28. The summed E-state index contributed by atoms with van der Waals surface area (Å²) in [6, 6.07) is 4.78. The van der Waals surface area contributed by atoms with Gasteiger partial charge in [-0.25, -0.2) is 4.39 Å². The fourth-order valence-corrected chi connectivity index (χ4v) is 1.25. The molecule has 0 unspecified atom stereocenters. The number of benzene rings is 1. The molecule has 0 atom stereocenters. The lowest BCUT2D eigenvalue weighted by Gasteiger charge is -2.02. The Kier molecular flexibility index (Phi) is 3.43. The zero-order valence-electron chi connectivity index (χ0n) is 7.31. The summed E-state index contributed by atoms with van der Waals surface area (Å²) in [6.45, 7) is 1.63. The monoisotopic (exact) mass is 200 g/mol. The van der Waals surface area contributed by atoms with Crippen molar-refractivity contribution >= 4 is 17.4 Å². The Bertz CT molecular complexity index is 323. The van der Waals surface area contributed by atoms with E-state index in [0.717, 1.165) is 0 Å². The predicted octanol–water partition coefficient (Wildman–Crippen LogP) is 2.95. The molecule has 0 saturated carbocycles. The minimum Gasteiger partial charge on any atom is -0.294 e. The average molecular weight is 201 g/mol. The molecular formula is C10H10ClFO. The zero-order chi connectivity index (χ0) is 9.84. The second-order valence-electron chi connectivity index (χ2n) is 2.80. The fraction of sp³-hybridized carbons (Fsp3) is 0.300. The molecule has 0 fully saturated rings. The molecule has 0 aliphatic heterocycles. The molecule has 3 heteroatoms. The number of rotatable bonds is 3. The summed E-state index contributed by atoms with van der Waals surface area (Å²) in [7, 11) is 0. The molecule has 0 saturated heterocycles. The molecule has 1 nitrogen and oxygen atoms in total. The van der Waals surface area contributed by atoms with Gasteiger partial charge in [0.05, 0.1) is 5.56 Å². The normalized spacial score (nSPS) is 10.1. The number of carbonyl (C=O) groups excluding carboxylic acids is 1. The maximum atomic E-state index is 13.3. The van der Waals surface area contributed by atoms with Gasteiger partial charge in [0.2, 0.25) is 0 Å². The van der Waals surface area contributed by atoms with Gasteiger partial charge in [-0.2, -0.15) is 0 Å². The van der Waals surface area contributed by atoms with Crippen molar-refractivity contribution in [2.45, 2.75) is 13.3 Å². The molecule has 0 aromatic heterocycles. The van der Waals surface area contributed by atoms with E-state index in [1.165, 1.54) is 6.07 Å². The molecule has 1 aromatic carbocycles. The predicted molar refractivity (Wildman–Crippen MR) is 50.8 cm³/mol. The van der Waals surface area contributed by atoms with Gasteiger partial charge in [-0.15, -0.1) is 11.6 Å². The summed E-state index contributed by atoms with van der Waals surface area (Å²) in [4.78, 5) is 11.3. The maximum Gasteiger partial charge on any atom is 0.167 e. The second kappa shape index (κ2) is 4.38. The van der Waals surface area contributed by atoms with Crippen molar-refractivity contribution in [1.82, 2.24) is 0 Å². The minimum absolute atomic E-state index is 0.139. The third-order valence-electron chi connectivity index (χ3n) is 1.81. The van der Waals surface area contributed by atoms with Gasteiger partial charge in [0.25, 0.3) is 0 Å². The van der Waals surface area contributed by atoms with Crippen LogP contribution in [-0.2, 0) is 0 Å². The van der Waals surface area contributed by atoms with E-state index in [1.807, 2.05) is 0 Å². The van der Waals surface area contributed by atoms with Crippen LogP contribution in [0.25, 0.3) is 0 Å². The molecule has 13 heavy (non-hydrogen) atoms. The van der Waals surface area contributed by atoms with Crippen LogP contribution < -0.4 is 0 Å². The molecule has 0 aliphatic carbocycles. The summed E-state index contributed by atoms with van der Waals surface area (Å²) in [6.07, 6.45) is 0.182. The number of hydrogen-bond acceptors (Lipinski definition) is 1. The standard InChI is InChI=1S/C10H10ClFO/c1-7-3-2-4-8(10(7)12)9(13)5-6-11/h2-4H,5-6H2,1H3. The summed E-state index contributed by atoms with van der Waals surface area (Å²) < 4.78 is 13.3. The van der Waals surface area contributed by atoms with Gasteiger partial charge in [0.15, 0.2) is 5.78 Å². The van der Waals surface area contributed by atoms with Crippen molar-refractivity contribution in [3.63, 3.8) is 0 Å². The van der Waals surface area contributed by atoms with Gasteiger partial charge in [0.1, 0.15) is 5.82 Å². The molecule has 0 spiro atoms. The van der Waals surface area contributed by atoms with Crippen LogP contribution >= 0.6 is 11.6 Å². The van der Waals surface area contributed by atoms with E-state index in [9.17, 15) is 9.18 Å². The first-order chi connectivity index (χ1) is 6.16. The number of aryl methyl sites for hydroxylation is 1. The van der Waals surface area contributed by atoms with Crippen LogP contribution in [0.2, 0.25) is 0 Å². The van der Waals surface area contributed by atoms with Gasteiger partial charge in [-0.3, -0.25) is 4.79 Å². The highest BCUT2D eigenvalue weighted by Gasteiger charge is 2.11. The number of Topliss-reactive ketones (excluding diaryl/α,β-unsaturated/α-hetero) is 1. The van der Waals surface area contributed by atoms with E-state index in [-0.39, 0.29) is 23.6 Å². The lowest BCUT2D eigenvalue weighted by Crippen LogP contribution is -2.03. The molecule has 0 heterocycles. The van der Waals surface area contributed by atoms with Crippen molar-refractivity contribution in [2.75, 3.05) is 5.88 Å². The summed E-state index contributed by atoms with van der Waals surface area (Å²) in [5, 5.41) is 0. The highest BCUT2D eigenvalue weighted by atomic mass is 35.5. The second-order valence-corrected chi connectivity index (χ2v) is 3.18. The van der Waals surface area contributed by atoms with E-state index in [4.69, 9.17) is 11.6 Å². The van der Waals surface area contributed by atoms with Crippen molar-refractivity contribution in [2.24, 2.45) is 0 Å². The largest absolute Gasteiger partial charge is 0.294 e. The van der Waals surface area contributed by atoms with Crippen LogP contribution in [0.5, 0.6) is 0 Å². The first-order valence-electron chi connectivity index (χ1n) is 4.01. The molecule has 0 radical (unpaired) electrons. The molecule has 1 rings (SSSR count). The van der Waals surface area contributed by atoms with Crippen molar-refractivity contribution in [3.8, 4) is 0 Å². The number of carbonyl (C=O) groups is 1. The molecule has 70 valence electrons. The maximum absolute atomic E-state index is 13.3. The van der Waals surface area contributed by atoms with Crippen LogP contribution in [0.4, 0.5) is 4.39 Å². The van der Waals surface area contributed by atoms with Crippen LogP contribution in [0.15, 0.2) is 18.2 Å². The highest BCUT2D eigenvalue weighted by molar-refractivity contribution is 6.19. The van der Waals surface area contributed by atoms with E-state index in [1.54, 1.807) is 19.1 Å². The van der Waals surface area contributed by atoms with Crippen LogP contribution in [0, 0.1) is 12.7 Å². The molecule has 0 aliphatic rings. The first kappa shape index (κ1) is 10.2. The van der Waals surface area contributed by atoms with Gasteiger partial charge in [-0.05, 0) is 18.6 Å². The van der Waals surface area contributed by atoms with Crippen LogP contribution in [-0.4, -0.2) is 11.7 Å². The summed E-state index contributed by atoms with van der Waals surface area (Å²) >= 11 is 5.40. The van der Waals surface area contributed by atoms with Crippen LogP contribution in [0.3, 0.4) is 0 Å². The first-order valence-corrected chi connectivity index (χ1v) is 4.54. The number of alkyl halides is 1. The number of ketones is 1. The van der Waals surface area contributed by atoms with Gasteiger partial charge >= 0.3 is 0 Å². The topological polar surface area (TPSA) is 17.1 Å². The SMILES string of the molecule is Cc1cccc(C(=O)CCCl)c1F. The Morgan fingerprint density at radius 2 is 2.23 bits per heavy atom. The Hall–Kier alpha value is -0.890. The highest BCUT2D eigenvalue weighted by Crippen LogP contribution is 2.13. The fourth-order valence-electron chi connectivity index (χ4n) is 1.08. The zero-order valence-corrected chi connectivity index (χ0v) is 8.07.